The van der Waals surface area contributed by atoms with Crippen LogP contribution in [-0.2, 0) is 23.1 Å². The summed E-state index contributed by atoms with van der Waals surface area (Å²) in [5.41, 5.74) is 2.61. The van der Waals surface area contributed by atoms with Crippen LogP contribution in [0, 0.1) is 12.7 Å². The van der Waals surface area contributed by atoms with E-state index in [1.165, 1.54) is 17.7 Å². The first-order valence-corrected chi connectivity index (χ1v) is 9.35. The molecule has 1 unspecified atom stereocenters. The van der Waals surface area contributed by atoms with Gasteiger partial charge in [0.05, 0.1) is 17.8 Å². The highest BCUT2D eigenvalue weighted by atomic mass is 19.1. The van der Waals surface area contributed by atoms with Crippen LogP contribution in [-0.4, -0.2) is 52.4 Å². The van der Waals surface area contributed by atoms with Gasteiger partial charge >= 0.3 is 0 Å². The number of piperidine rings is 1. The largest absolute Gasteiger partial charge is 0.362 e. The predicted octanol–water partition coefficient (Wildman–Crippen LogP) is 2.27. The van der Waals surface area contributed by atoms with Crippen molar-refractivity contribution in [2.24, 2.45) is 7.05 Å². The van der Waals surface area contributed by atoms with E-state index in [0.29, 0.717) is 6.54 Å². The molecule has 2 saturated heterocycles. The van der Waals surface area contributed by atoms with Gasteiger partial charge in [-0.05, 0) is 50.6 Å². The standard InChI is InChI=1S/C20H25FN4O2/c1-15-16(10-23(2)22-15)11-24-9-3-8-20(13-24)14-25(19(26)12-27-20)18-6-4-17(21)5-7-18/h4-7,10H,3,8-9,11-14H2,1-2H3. The average molecular weight is 372 g/mol. The summed E-state index contributed by atoms with van der Waals surface area (Å²) in [6.45, 7) is 5.20. The zero-order valence-corrected chi connectivity index (χ0v) is 15.8. The molecule has 2 aromatic rings. The molecule has 7 heteroatoms. The summed E-state index contributed by atoms with van der Waals surface area (Å²) in [6, 6.07) is 6.10. The highest BCUT2D eigenvalue weighted by molar-refractivity contribution is 5.95. The van der Waals surface area contributed by atoms with E-state index < -0.39 is 0 Å². The van der Waals surface area contributed by atoms with Crippen molar-refractivity contribution < 1.29 is 13.9 Å². The van der Waals surface area contributed by atoms with Gasteiger partial charge in [0.1, 0.15) is 12.4 Å². The average Bonchev–Trinajstić information content (AvgIpc) is 2.95. The van der Waals surface area contributed by atoms with E-state index in [2.05, 4.69) is 16.2 Å². The van der Waals surface area contributed by atoms with Gasteiger partial charge in [0.25, 0.3) is 5.91 Å². The molecule has 2 aliphatic rings. The molecule has 27 heavy (non-hydrogen) atoms. The van der Waals surface area contributed by atoms with Gasteiger partial charge in [-0.1, -0.05) is 0 Å². The molecule has 0 N–H and O–H groups in total. The van der Waals surface area contributed by atoms with E-state index in [1.54, 1.807) is 17.0 Å². The molecule has 2 fully saturated rings. The highest BCUT2D eigenvalue weighted by Gasteiger charge is 2.43. The fraction of sp³-hybridized carbons (Fsp3) is 0.500. The number of anilines is 1. The van der Waals surface area contributed by atoms with E-state index >= 15 is 0 Å². The Hall–Kier alpha value is -2.25. The molecule has 1 spiro atoms. The Morgan fingerprint density at radius 2 is 2.04 bits per heavy atom. The summed E-state index contributed by atoms with van der Waals surface area (Å²) in [7, 11) is 1.94. The molecule has 1 aromatic carbocycles. The predicted molar refractivity (Wildman–Crippen MR) is 99.9 cm³/mol. The van der Waals surface area contributed by atoms with Gasteiger partial charge in [-0.2, -0.15) is 5.10 Å². The number of hydrogen-bond donors (Lipinski definition) is 0. The van der Waals surface area contributed by atoms with Crippen molar-refractivity contribution in [1.82, 2.24) is 14.7 Å². The first kappa shape index (κ1) is 18.1. The van der Waals surface area contributed by atoms with Crippen LogP contribution in [0.25, 0.3) is 0 Å². The third kappa shape index (κ3) is 3.75. The number of amides is 1. The first-order valence-electron chi connectivity index (χ1n) is 9.35. The number of ether oxygens (including phenoxy) is 1. The first-order chi connectivity index (χ1) is 12.9. The van der Waals surface area contributed by atoms with E-state index in [0.717, 1.165) is 43.9 Å². The van der Waals surface area contributed by atoms with Gasteiger partial charge in [-0.25, -0.2) is 4.39 Å². The number of aryl methyl sites for hydroxylation is 2. The van der Waals surface area contributed by atoms with E-state index in [9.17, 15) is 9.18 Å². The molecule has 6 nitrogen and oxygen atoms in total. The second-order valence-electron chi connectivity index (χ2n) is 7.66. The zero-order valence-electron chi connectivity index (χ0n) is 15.8. The van der Waals surface area contributed by atoms with Crippen LogP contribution >= 0.6 is 0 Å². The zero-order chi connectivity index (χ0) is 19.0. The Bertz CT molecular complexity index is 835. The highest BCUT2D eigenvalue weighted by Crippen LogP contribution is 2.32. The van der Waals surface area contributed by atoms with Crippen LogP contribution in [0.5, 0.6) is 0 Å². The van der Waals surface area contributed by atoms with Crippen molar-refractivity contribution in [3.63, 3.8) is 0 Å². The van der Waals surface area contributed by atoms with Crippen molar-refractivity contribution in [2.75, 3.05) is 31.1 Å². The van der Waals surface area contributed by atoms with E-state index in [4.69, 9.17) is 4.74 Å². The molecule has 0 radical (unpaired) electrons. The van der Waals surface area contributed by atoms with Crippen LogP contribution < -0.4 is 4.90 Å². The van der Waals surface area contributed by atoms with Crippen LogP contribution in [0.4, 0.5) is 10.1 Å². The van der Waals surface area contributed by atoms with Crippen molar-refractivity contribution in [3.05, 3.63) is 47.5 Å². The molecule has 4 rings (SSSR count). The topological polar surface area (TPSA) is 50.6 Å². The minimum absolute atomic E-state index is 0.0666. The lowest BCUT2D eigenvalue weighted by molar-refractivity contribution is -0.146. The number of likely N-dealkylation sites (tertiary alicyclic amines) is 1. The fourth-order valence-electron chi connectivity index (χ4n) is 4.19. The summed E-state index contributed by atoms with van der Waals surface area (Å²) < 4.78 is 21.2. The number of hydrogen-bond acceptors (Lipinski definition) is 4. The lowest BCUT2D eigenvalue weighted by Gasteiger charge is -2.47. The molecule has 0 aliphatic carbocycles. The van der Waals surface area contributed by atoms with Gasteiger partial charge < -0.3 is 9.64 Å². The summed E-state index contributed by atoms with van der Waals surface area (Å²) in [5, 5.41) is 4.42. The van der Waals surface area contributed by atoms with Crippen molar-refractivity contribution in [3.8, 4) is 0 Å². The second kappa shape index (κ2) is 7.05. The number of morpholine rings is 1. The minimum Gasteiger partial charge on any atom is -0.362 e. The van der Waals surface area contributed by atoms with E-state index in [1.807, 2.05) is 18.7 Å². The lowest BCUT2D eigenvalue weighted by Crippen LogP contribution is -2.61. The number of rotatable bonds is 3. The molecule has 1 atom stereocenters. The normalized spacial score (nSPS) is 24.0. The van der Waals surface area contributed by atoms with Crippen LogP contribution in [0.1, 0.15) is 24.1 Å². The monoisotopic (exact) mass is 372 g/mol. The van der Waals surface area contributed by atoms with Gasteiger partial charge in [0.15, 0.2) is 0 Å². The number of carbonyl (C=O) groups is 1. The number of benzene rings is 1. The fourth-order valence-corrected chi connectivity index (χ4v) is 4.19. The van der Waals surface area contributed by atoms with Crippen LogP contribution in [0.2, 0.25) is 0 Å². The minimum atomic E-state index is -0.378. The molecule has 1 amide bonds. The second-order valence-corrected chi connectivity index (χ2v) is 7.66. The summed E-state index contributed by atoms with van der Waals surface area (Å²) in [4.78, 5) is 16.5. The Balaban J connectivity index is 1.50. The number of aromatic nitrogens is 2. The summed E-state index contributed by atoms with van der Waals surface area (Å²) >= 11 is 0. The molecule has 3 heterocycles. The quantitative estimate of drug-likeness (QED) is 0.829. The maximum atomic E-state index is 13.3. The summed E-state index contributed by atoms with van der Waals surface area (Å²) in [5.74, 6) is -0.377. The lowest BCUT2D eigenvalue weighted by atomic mass is 9.90. The van der Waals surface area contributed by atoms with Crippen LogP contribution in [0.15, 0.2) is 30.5 Å². The van der Waals surface area contributed by atoms with Crippen molar-refractivity contribution >= 4 is 11.6 Å². The number of carbonyl (C=O) groups excluding carboxylic acids is 1. The number of nitrogens with zero attached hydrogens (tertiary/aromatic N) is 4. The molecular formula is C20H25FN4O2. The Morgan fingerprint density at radius 1 is 1.26 bits per heavy atom. The smallest absolute Gasteiger partial charge is 0.253 e. The number of halogens is 1. The maximum absolute atomic E-state index is 13.3. The Morgan fingerprint density at radius 3 is 2.74 bits per heavy atom. The molecule has 0 saturated carbocycles. The van der Waals surface area contributed by atoms with Crippen molar-refractivity contribution in [2.45, 2.75) is 31.9 Å². The third-order valence-corrected chi connectivity index (χ3v) is 5.52. The van der Waals surface area contributed by atoms with Gasteiger partial charge in [-0.3, -0.25) is 14.4 Å². The Kier molecular flexibility index (Phi) is 4.74. The molecule has 2 aliphatic heterocycles. The third-order valence-electron chi connectivity index (χ3n) is 5.52. The van der Waals surface area contributed by atoms with Gasteiger partial charge in [-0.15, -0.1) is 0 Å². The van der Waals surface area contributed by atoms with E-state index in [-0.39, 0.29) is 23.9 Å². The van der Waals surface area contributed by atoms with Crippen LogP contribution in [0.3, 0.4) is 0 Å². The summed E-state index contributed by atoms with van der Waals surface area (Å²) in [6.07, 6.45) is 4.00. The van der Waals surface area contributed by atoms with Gasteiger partial charge in [0.2, 0.25) is 0 Å². The SMILES string of the molecule is Cc1nn(C)cc1CN1CCCC2(C1)CN(c1ccc(F)cc1)C(=O)CO2. The molecule has 144 valence electrons. The molecule has 1 aromatic heterocycles. The van der Waals surface area contributed by atoms with Crippen molar-refractivity contribution in [1.29, 1.82) is 0 Å². The molecular weight excluding hydrogens is 347 g/mol. The maximum Gasteiger partial charge on any atom is 0.253 e. The Labute approximate surface area is 158 Å². The van der Waals surface area contributed by atoms with Gasteiger partial charge in [0, 0.05) is 37.6 Å². The molecule has 0 bridgehead atoms.